The number of nitrogens with zero attached hydrogens (tertiary/aromatic N) is 4. The topological polar surface area (TPSA) is 51.6 Å². The van der Waals surface area contributed by atoms with Gasteiger partial charge in [0, 0.05) is 44.3 Å². The molecule has 6 rings (SSSR count). The maximum absolute atomic E-state index is 9.06. The molecular formula is C28H25CuF2N4. The molecule has 0 saturated heterocycles. The Morgan fingerprint density at radius 2 is 0.571 bits per heavy atom. The summed E-state index contributed by atoms with van der Waals surface area (Å²) in [5.74, 6) is 0. The van der Waals surface area contributed by atoms with Crippen molar-refractivity contribution in [3.8, 4) is 0 Å². The first-order valence-electron chi connectivity index (χ1n) is 10.9. The Morgan fingerprint density at radius 1 is 0.400 bits per heavy atom. The average molecular weight is 519 g/mol. The third kappa shape index (κ3) is 5.59. The van der Waals surface area contributed by atoms with Crippen molar-refractivity contribution in [3.05, 3.63) is 95.6 Å². The van der Waals surface area contributed by atoms with Gasteiger partial charge >= 0.3 is 20.0 Å². The predicted octanol–water partition coefficient (Wildman–Crippen LogP) is 7.37. The van der Waals surface area contributed by atoms with Crippen LogP contribution >= 0.6 is 0 Å². The normalized spacial score (nSPS) is 10.4. The van der Waals surface area contributed by atoms with Gasteiger partial charge in [0.15, 0.2) is 0 Å². The Morgan fingerprint density at radius 3 is 0.771 bits per heavy atom. The monoisotopic (exact) mass is 518 g/mol. The van der Waals surface area contributed by atoms with E-state index >= 15 is 0 Å². The van der Waals surface area contributed by atoms with Gasteiger partial charge in [-0.15, -0.1) is 0 Å². The average Bonchev–Trinajstić information content (AvgIpc) is 2.85. The van der Waals surface area contributed by atoms with E-state index in [0.29, 0.717) is 0 Å². The van der Waals surface area contributed by atoms with Gasteiger partial charge in [0.2, 0.25) is 0 Å². The predicted molar refractivity (Wildman–Crippen MR) is 137 cm³/mol. The summed E-state index contributed by atoms with van der Waals surface area (Å²) in [5, 5.41) is 4.60. The van der Waals surface area contributed by atoms with Gasteiger partial charge in [0.1, 0.15) is 0 Å². The number of rotatable bonds is 0. The Kier molecular flexibility index (Phi) is 8.39. The zero-order valence-corrected chi connectivity index (χ0v) is 20.7. The van der Waals surface area contributed by atoms with Crippen molar-refractivity contribution in [1.29, 1.82) is 0 Å². The molecule has 7 heteroatoms. The molecule has 4 nitrogen and oxygen atoms in total. The van der Waals surface area contributed by atoms with Crippen molar-refractivity contribution in [2.75, 3.05) is 0 Å². The number of pyridine rings is 4. The number of fused-ring (bicyclic) bond motifs is 6. The van der Waals surface area contributed by atoms with E-state index in [-0.39, 0.29) is 4.70 Å². The van der Waals surface area contributed by atoms with Crippen LogP contribution in [0.3, 0.4) is 0 Å². The summed E-state index contributed by atoms with van der Waals surface area (Å²) >= 11 is 2.69. The molecule has 0 aliphatic carbocycles. The summed E-state index contributed by atoms with van der Waals surface area (Å²) in [6, 6.07) is 24.9. The van der Waals surface area contributed by atoms with Crippen LogP contribution < -0.4 is 0 Å². The molecule has 6 aromatic rings. The molecule has 0 unspecified atom stereocenters. The molecule has 0 atom stereocenters. The molecule has 0 fully saturated rings. The second-order valence-electron chi connectivity index (χ2n) is 8.23. The molecule has 182 valence electrons. The van der Waals surface area contributed by atoms with E-state index in [0.717, 1.165) is 66.4 Å². The first kappa shape index (κ1) is 26.1. The van der Waals surface area contributed by atoms with Crippen LogP contribution in [0.5, 0.6) is 0 Å². The van der Waals surface area contributed by atoms with Gasteiger partial charge in [-0.2, -0.15) is 0 Å². The first-order valence-corrected chi connectivity index (χ1v) is 11.2. The van der Waals surface area contributed by atoms with E-state index in [2.05, 4.69) is 84.9 Å². The van der Waals surface area contributed by atoms with Crippen molar-refractivity contribution in [2.24, 2.45) is 0 Å². The number of aryl methyl sites for hydroxylation is 4. The fourth-order valence-corrected chi connectivity index (χ4v) is 3.93. The molecule has 0 spiro atoms. The molecule has 0 saturated carbocycles. The van der Waals surface area contributed by atoms with Gasteiger partial charge in [-0.1, -0.05) is 48.5 Å². The molecule has 0 N–H and O–H groups in total. The van der Waals surface area contributed by atoms with Crippen LogP contribution in [-0.4, -0.2) is 19.9 Å². The zero-order valence-electron chi connectivity index (χ0n) is 19.8. The third-order valence-electron chi connectivity index (χ3n) is 5.60. The molecule has 0 aliphatic heterocycles. The molecule has 2 aromatic carbocycles. The number of hydrogen-bond donors (Lipinski definition) is 0. The Bertz CT molecular complexity index is 1390. The molecule has 0 radical (unpaired) electrons. The second-order valence-corrected chi connectivity index (χ2v) is 8.23. The van der Waals surface area contributed by atoms with E-state index in [4.69, 9.17) is 3.55 Å². The third-order valence-corrected chi connectivity index (χ3v) is 5.60. The Labute approximate surface area is 211 Å². The minimum atomic E-state index is 0. The van der Waals surface area contributed by atoms with Gasteiger partial charge in [0.05, 0.1) is 22.1 Å². The Hall–Kier alpha value is -3.54. The van der Waals surface area contributed by atoms with Gasteiger partial charge in [-0.05, 0) is 52.0 Å². The van der Waals surface area contributed by atoms with Crippen molar-refractivity contribution in [2.45, 2.75) is 27.7 Å². The van der Waals surface area contributed by atoms with Crippen LogP contribution in [0.4, 0.5) is 8.26 Å². The summed E-state index contributed by atoms with van der Waals surface area (Å²) in [6.45, 7) is 8.03. The van der Waals surface area contributed by atoms with Crippen LogP contribution in [0.2, 0.25) is 0 Å². The van der Waals surface area contributed by atoms with E-state index in [1.807, 2.05) is 52.0 Å². The SMILES string of the molecule is Cc1ccc2ccc3ccc(C)nc3c2n1.Cc1ccc2ccc3ccc(C)nc3c2n1.F.[F][Cu]. The summed E-state index contributed by atoms with van der Waals surface area (Å²) < 4.78 is 9.06. The number of hydrogen-bond acceptors (Lipinski definition) is 4. The van der Waals surface area contributed by atoms with Crippen LogP contribution in [-0.2, 0) is 16.5 Å². The molecule has 4 heterocycles. The van der Waals surface area contributed by atoms with Crippen LogP contribution in [0.15, 0.2) is 72.8 Å². The van der Waals surface area contributed by atoms with Crippen molar-refractivity contribution < 1.29 is 24.7 Å². The van der Waals surface area contributed by atoms with Gasteiger partial charge in [-0.25, -0.2) is 0 Å². The number of halogens is 2. The van der Waals surface area contributed by atoms with Crippen LogP contribution in [0.25, 0.3) is 43.6 Å². The first-order chi connectivity index (χ1) is 16.5. The summed E-state index contributed by atoms with van der Waals surface area (Å²) in [6.07, 6.45) is 0. The van der Waals surface area contributed by atoms with Crippen LogP contribution in [0.1, 0.15) is 22.8 Å². The van der Waals surface area contributed by atoms with Gasteiger partial charge < -0.3 is 0 Å². The maximum atomic E-state index is 9.06. The molecule has 0 bridgehead atoms. The quantitative estimate of drug-likeness (QED) is 0.155. The molecular weight excluding hydrogens is 494 g/mol. The van der Waals surface area contributed by atoms with Crippen molar-refractivity contribution >= 4 is 43.6 Å². The fraction of sp³-hybridized carbons (Fsp3) is 0.143. The molecule has 0 amide bonds. The molecule has 4 aromatic heterocycles. The summed E-state index contributed by atoms with van der Waals surface area (Å²) in [4.78, 5) is 18.3. The zero-order chi connectivity index (χ0) is 24.2. The van der Waals surface area contributed by atoms with E-state index in [9.17, 15) is 0 Å². The second kappa shape index (κ2) is 11.3. The van der Waals surface area contributed by atoms with Crippen molar-refractivity contribution in [3.63, 3.8) is 0 Å². The molecule has 0 aliphatic rings. The van der Waals surface area contributed by atoms with Crippen LogP contribution in [0, 0.1) is 27.7 Å². The minimum absolute atomic E-state index is 0. The van der Waals surface area contributed by atoms with Gasteiger partial charge in [-0.3, -0.25) is 24.6 Å². The van der Waals surface area contributed by atoms with E-state index in [1.165, 1.54) is 0 Å². The summed E-state index contributed by atoms with van der Waals surface area (Å²) in [5.41, 5.74) is 8.13. The van der Waals surface area contributed by atoms with Gasteiger partial charge in [0.25, 0.3) is 0 Å². The summed E-state index contributed by atoms with van der Waals surface area (Å²) in [7, 11) is 0. The van der Waals surface area contributed by atoms with E-state index < -0.39 is 0 Å². The van der Waals surface area contributed by atoms with E-state index in [1.54, 1.807) is 0 Å². The fourth-order valence-electron chi connectivity index (χ4n) is 3.93. The standard InChI is InChI=1S/2C14H12N2.Cu.2FH/c2*1-9-3-5-11-7-8-12-6-4-10(2)16-14(12)13(11)15-9;;;/h2*3-8H,1-2H3;;2*1H/q;;+1;;/p-1. The number of aromatic nitrogens is 4. The molecule has 35 heavy (non-hydrogen) atoms. The number of benzene rings is 2. The Balaban J connectivity index is 0.000000178. The van der Waals surface area contributed by atoms with Crippen molar-refractivity contribution in [1.82, 2.24) is 19.9 Å².